The molecule has 0 radical (unpaired) electrons. The first-order valence-electron chi connectivity index (χ1n) is 18.7. The molecule has 4 amide bonds. The number of methoxy groups -OCH3 is 1. The molecule has 3 saturated carbocycles. The van der Waals surface area contributed by atoms with Gasteiger partial charge in [-0.3, -0.25) is 19.1 Å². The minimum atomic E-state index is -3.92. The summed E-state index contributed by atoms with van der Waals surface area (Å²) in [5.41, 5.74) is -1.77. The SMILES string of the molecule is C=CC1CC1(NC(=O)OC(C)(C)C)C(=O)N1C[C@H](Oc2cc(-c3ccccc3)nc3cc(OC)ccc23)CC1C(=O)N[C@]1(C(=O)NS(=O)(=O)C2CC2)C[C@H]1C=C. The van der Waals surface area contributed by atoms with Gasteiger partial charge in [0.2, 0.25) is 21.8 Å². The van der Waals surface area contributed by atoms with Crippen LogP contribution in [0.1, 0.15) is 52.9 Å². The van der Waals surface area contributed by atoms with Crippen molar-refractivity contribution >= 4 is 44.7 Å². The van der Waals surface area contributed by atoms with Crippen molar-refractivity contribution in [3.05, 3.63) is 79.9 Å². The van der Waals surface area contributed by atoms with Gasteiger partial charge in [0.05, 0.1) is 30.1 Å². The molecular formula is C41H47N5O9S. The number of pyridine rings is 1. The van der Waals surface area contributed by atoms with Gasteiger partial charge in [-0.25, -0.2) is 18.2 Å². The van der Waals surface area contributed by atoms with E-state index in [1.165, 1.54) is 11.0 Å². The Hall–Kier alpha value is -5.44. The molecule has 296 valence electrons. The summed E-state index contributed by atoms with van der Waals surface area (Å²) in [5.74, 6) is -2.00. The standard InChI is InChI=1S/C41H47N5O9S/c1-7-25-21-40(25,36(48)45-56(51,52)29-15-16-29)43-35(47)33-19-28(23-46(33)37(49)41(22-26(41)8-2)44-38(50)55-39(3,4)5)54-34-20-31(24-12-10-9-11-13-24)42-32-18-27(53-6)14-17-30(32)34/h7-14,17-18,20,25-26,28-29,33H,1-2,15-16,19,21-23H2,3-6H3,(H,43,47)(H,44,50)(H,45,48)/t25-,26?,28-,33?,40-,41?/m1/s1. The Morgan fingerprint density at radius 2 is 1.62 bits per heavy atom. The third-order valence-corrected chi connectivity index (χ3v) is 12.6. The van der Waals surface area contributed by atoms with Gasteiger partial charge in [-0.05, 0) is 58.6 Å². The van der Waals surface area contributed by atoms with Crippen molar-refractivity contribution in [2.75, 3.05) is 13.7 Å². The van der Waals surface area contributed by atoms with Crippen LogP contribution < -0.4 is 24.8 Å². The Morgan fingerprint density at radius 3 is 2.23 bits per heavy atom. The number of nitrogens with one attached hydrogen (secondary N) is 3. The van der Waals surface area contributed by atoms with E-state index in [2.05, 4.69) is 28.5 Å². The molecule has 4 aliphatic rings. The van der Waals surface area contributed by atoms with Crippen LogP contribution in [0.3, 0.4) is 0 Å². The van der Waals surface area contributed by atoms with Crippen molar-refractivity contribution in [1.29, 1.82) is 0 Å². The van der Waals surface area contributed by atoms with Crippen LogP contribution in [0.5, 0.6) is 11.5 Å². The fourth-order valence-corrected chi connectivity index (χ4v) is 8.83. The molecule has 2 aromatic carbocycles. The number of fused-ring (bicyclic) bond motifs is 1. The maximum Gasteiger partial charge on any atom is 0.408 e. The molecule has 56 heavy (non-hydrogen) atoms. The molecule has 0 bridgehead atoms. The third kappa shape index (κ3) is 7.56. The monoisotopic (exact) mass is 785 g/mol. The molecule has 1 aromatic heterocycles. The summed E-state index contributed by atoms with van der Waals surface area (Å²) in [6.45, 7) is 12.7. The number of hydrogen-bond donors (Lipinski definition) is 3. The van der Waals surface area contributed by atoms with Gasteiger partial charge in [0.1, 0.15) is 40.3 Å². The highest BCUT2D eigenvalue weighted by Crippen LogP contribution is 2.48. The average Bonchev–Trinajstić information content (AvgIpc) is 4.09. The number of sulfonamides is 1. The second-order valence-electron chi connectivity index (χ2n) is 16.0. The number of amides is 4. The number of carbonyl (C=O) groups excluding carboxylic acids is 4. The first-order valence-corrected chi connectivity index (χ1v) is 20.2. The smallest absolute Gasteiger partial charge is 0.408 e. The zero-order valence-electron chi connectivity index (χ0n) is 31.9. The predicted molar refractivity (Wildman–Crippen MR) is 208 cm³/mol. The lowest BCUT2D eigenvalue weighted by Gasteiger charge is -2.31. The number of likely N-dealkylation sites (tertiary alicyclic amines) is 1. The molecule has 14 nitrogen and oxygen atoms in total. The number of aromatic nitrogens is 1. The number of ether oxygens (including phenoxy) is 3. The number of alkyl carbamates (subject to hydrolysis) is 1. The Kier molecular flexibility index (Phi) is 9.88. The summed E-state index contributed by atoms with van der Waals surface area (Å²) < 4.78 is 45.4. The number of hydrogen-bond acceptors (Lipinski definition) is 10. The molecule has 1 saturated heterocycles. The number of benzene rings is 2. The van der Waals surface area contributed by atoms with E-state index in [1.54, 1.807) is 46.1 Å². The second kappa shape index (κ2) is 14.3. The molecule has 3 aliphatic carbocycles. The lowest BCUT2D eigenvalue weighted by atomic mass is 10.1. The number of carbonyl (C=O) groups is 4. The molecule has 4 fully saturated rings. The van der Waals surface area contributed by atoms with Gasteiger partial charge in [-0.2, -0.15) is 0 Å². The van der Waals surface area contributed by atoms with Gasteiger partial charge < -0.3 is 29.7 Å². The zero-order valence-corrected chi connectivity index (χ0v) is 32.7. The van der Waals surface area contributed by atoms with E-state index >= 15 is 0 Å². The molecule has 6 atom stereocenters. The highest BCUT2D eigenvalue weighted by atomic mass is 32.2. The minimum absolute atomic E-state index is 0.0102. The Balaban J connectivity index is 1.22. The summed E-state index contributed by atoms with van der Waals surface area (Å²) in [5, 5.41) is 5.59. The highest BCUT2D eigenvalue weighted by Gasteiger charge is 2.65. The van der Waals surface area contributed by atoms with E-state index in [1.807, 2.05) is 42.5 Å². The van der Waals surface area contributed by atoms with Crippen LogP contribution in [0, 0.1) is 11.8 Å². The number of rotatable bonds is 13. The summed E-state index contributed by atoms with van der Waals surface area (Å²) in [6.07, 6.45) is 2.81. The molecule has 2 heterocycles. The molecule has 7 rings (SSSR count). The van der Waals surface area contributed by atoms with Crippen molar-refractivity contribution in [1.82, 2.24) is 25.2 Å². The predicted octanol–water partition coefficient (Wildman–Crippen LogP) is 4.40. The second-order valence-corrected chi connectivity index (χ2v) is 18.0. The number of nitrogens with zero attached hydrogens (tertiary/aromatic N) is 2. The van der Waals surface area contributed by atoms with Gasteiger partial charge in [0.25, 0.3) is 5.91 Å². The lowest BCUT2D eigenvalue weighted by molar-refractivity contribution is -0.142. The molecule has 0 spiro atoms. The summed E-state index contributed by atoms with van der Waals surface area (Å²) in [6, 6.07) is 15.6. The van der Waals surface area contributed by atoms with Gasteiger partial charge in [0, 0.05) is 41.3 Å². The van der Waals surface area contributed by atoms with E-state index in [4.69, 9.17) is 19.2 Å². The fourth-order valence-electron chi connectivity index (χ4n) is 7.47. The molecule has 3 aromatic rings. The quantitative estimate of drug-likeness (QED) is 0.210. The van der Waals surface area contributed by atoms with Crippen LogP contribution in [0.2, 0.25) is 0 Å². The van der Waals surface area contributed by atoms with E-state index in [-0.39, 0.29) is 25.8 Å². The zero-order chi connectivity index (χ0) is 40.2. The van der Waals surface area contributed by atoms with E-state index < -0.39 is 79.7 Å². The molecule has 1 aliphatic heterocycles. The molecular weight excluding hydrogens is 739 g/mol. The topological polar surface area (TPSA) is 182 Å². The van der Waals surface area contributed by atoms with Crippen LogP contribution in [-0.2, 0) is 29.1 Å². The first-order chi connectivity index (χ1) is 26.5. The van der Waals surface area contributed by atoms with E-state index in [0.29, 0.717) is 40.9 Å². The van der Waals surface area contributed by atoms with E-state index in [0.717, 1.165) is 5.56 Å². The molecule has 15 heteroatoms. The van der Waals surface area contributed by atoms with Crippen LogP contribution in [-0.4, -0.2) is 89.8 Å². The molecule has 3 N–H and O–H groups in total. The van der Waals surface area contributed by atoms with Gasteiger partial charge in [-0.15, -0.1) is 13.2 Å². The van der Waals surface area contributed by atoms with Gasteiger partial charge >= 0.3 is 6.09 Å². The summed E-state index contributed by atoms with van der Waals surface area (Å²) in [4.78, 5) is 62.0. The first kappa shape index (κ1) is 38.8. The van der Waals surface area contributed by atoms with Gasteiger partial charge in [0.15, 0.2) is 0 Å². The Morgan fingerprint density at radius 1 is 0.946 bits per heavy atom. The van der Waals surface area contributed by atoms with E-state index in [9.17, 15) is 27.6 Å². The van der Waals surface area contributed by atoms with Crippen molar-refractivity contribution in [3.63, 3.8) is 0 Å². The Bertz CT molecular complexity index is 2220. The van der Waals surface area contributed by atoms with Crippen molar-refractivity contribution in [2.24, 2.45) is 11.8 Å². The largest absolute Gasteiger partial charge is 0.497 e. The highest BCUT2D eigenvalue weighted by molar-refractivity contribution is 7.91. The lowest BCUT2D eigenvalue weighted by Crippen LogP contribution is -2.59. The van der Waals surface area contributed by atoms with Crippen LogP contribution in [0.25, 0.3) is 22.2 Å². The fraction of sp³-hybridized carbons (Fsp3) is 0.439. The van der Waals surface area contributed by atoms with Gasteiger partial charge in [-0.1, -0.05) is 42.5 Å². The minimum Gasteiger partial charge on any atom is -0.497 e. The van der Waals surface area contributed by atoms with Crippen molar-refractivity contribution < 1.29 is 41.8 Å². The van der Waals surface area contributed by atoms with Crippen molar-refractivity contribution in [3.8, 4) is 22.8 Å². The normalized spacial score (nSPS) is 26.8. The maximum atomic E-state index is 14.7. The Labute approximate surface area is 326 Å². The summed E-state index contributed by atoms with van der Waals surface area (Å²) in [7, 11) is -2.35. The van der Waals surface area contributed by atoms with Crippen LogP contribution >= 0.6 is 0 Å². The third-order valence-electron chi connectivity index (χ3n) is 10.8. The molecule has 3 unspecified atom stereocenters. The van der Waals surface area contributed by atoms with Crippen LogP contribution in [0.15, 0.2) is 79.9 Å². The average molecular weight is 786 g/mol. The van der Waals surface area contributed by atoms with Crippen molar-refractivity contribution in [2.45, 2.75) is 86.9 Å². The summed E-state index contributed by atoms with van der Waals surface area (Å²) >= 11 is 0. The van der Waals surface area contributed by atoms with Crippen LogP contribution in [0.4, 0.5) is 4.79 Å². The maximum absolute atomic E-state index is 14.7.